The first-order valence-corrected chi connectivity index (χ1v) is 7.64. The maximum Gasteiger partial charge on any atom is 0.250 e. The van der Waals surface area contributed by atoms with Crippen LogP contribution in [0.2, 0.25) is 5.02 Å². The van der Waals surface area contributed by atoms with Gasteiger partial charge in [0, 0.05) is 29.3 Å². The van der Waals surface area contributed by atoms with Crippen molar-refractivity contribution in [3.8, 4) is 0 Å². The minimum absolute atomic E-state index is 0.0410. The molecule has 0 aliphatic carbocycles. The van der Waals surface area contributed by atoms with Crippen LogP contribution in [0.3, 0.4) is 0 Å². The van der Waals surface area contributed by atoms with E-state index < -0.39 is 0 Å². The molecule has 1 aromatic heterocycles. The summed E-state index contributed by atoms with van der Waals surface area (Å²) in [5, 5.41) is 0.658. The lowest BCUT2D eigenvalue weighted by molar-refractivity contribution is -0.131. The lowest BCUT2D eigenvalue weighted by Gasteiger charge is -2.27. The summed E-state index contributed by atoms with van der Waals surface area (Å²) in [4.78, 5) is 22.1. The summed E-state index contributed by atoms with van der Waals surface area (Å²) in [5.41, 5.74) is 3.26. The SMILES string of the molecule is C/C(C(=O)N1CCOCC1)=C(/C)c1nc2ccc(Cl)cc2[nH]1. The van der Waals surface area contributed by atoms with Crippen LogP contribution in [0.4, 0.5) is 0 Å². The average molecular weight is 320 g/mol. The Kier molecular flexibility index (Phi) is 4.18. The molecule has 0 saturated carbocycles. The molecule has 5 nitrogen and oxygen atoms in total. The Hall–Kier alpha value is -1.85. The smallest absolute Gasteiger partial charge is 0.250 e. The Bertz CT molecular complexity index is 745. The first-order chi connectivity index (χ1) is 10.6. The molecule has 0 radical (unpaired) electrons. The number of benzene rings is 1. The van der Waals surface area contributed by atoms with Crippen molar-refractivity contribution >= 4 is 34.1 Å². The van der Waals surface area contributed by atoms with Gasteiger partial charge in [0.2, 0.25) is 5.91 Å². The molecule has 2 heterocycles. The van der Waals surface area contributed by atoms with Gasteiger partial charge in [-0.1, -0.05) is 11.6 Å². The Labute approximate surface area is 133 Å². The summed E-state index contributed by atoms with van der Waals surface area (Å²) in [7, 11) is 0. The summed E-state index contributed by atoms with van der Waals surface area (Å²) >= 11 is 5.99. The molecular formula is C16H18ClN3O2. The molecule has 1 aliphatic heterocycles. The van der Waals surface area contributed by atoms with E-state index in [2.05, 4.69) is 9.97 Å². The molecule has 2 aromatic rings. The third kappa shape index (κ3) is 2.87. The largest absolute Gasteiger partial charge is 0.378 e. The molecule has 3 rings (SSSR count). The average Bonchev–Trinajstić information content (AvgIpc) is 2.96. The maximum absolute atomic E-state index is 12.5. The number of hydrogen-bond acceptors (Lipinski definition) is 3. The lowest BCUT2D eigenvalue weighted by Crippen LogP contribution is -2.41. The van der Waals surface area contributed by atoms with Crippen LogP contribution in [0.15, 0.2) is 23.8 Å². The number of imidazole rings is 1. The number of aromatic amines is 1. The monoisotopic (exact) mass is 319 g/mol. The van der Waals surface area contributed by atoms with E-state index in [-0.39, 0.29) is 5.91 Å². The second-order valence-corrected chi connectivity index (χ2v) is 5.84. The summed E-state index contributed by atoms with van der Waals surface area (Å²) in [6, 6.07) is 5.50. The lowest BCUT2D eigenvalue weighted by atomic mass is 10.1. The number of halogens is 1. The third-order valence-electron chi connectivity index (χ3n) is 3.98. The van der Waals surface area contributed by atoms with Crippen LogP contribution in [0.25, 0.3) is 16.6 Å². The number of rotatable bonds is 2. The molecule has 1 aliphatic rings. The van der Waals surface area contributed by atoms with Crippen molar-refractivity contribution in [1.29, 1.82) is 0 Å². The van der Waals surface area contributed by atoms with Crippen LogP contribution >= 0.6 is 11.6 Å². The molecule has 0 bridgehead atoms. The highest BCUT2D eigenvalue weighted by Crippen LogP contribution is 2.23. The van der Waals surface area contributed by atoms with Gasteiger partial charge < -0.3 is 14.6 Å². The number of carbonyl (C=O) groups excluding carboxylic acids is 1. The highest BCUT2D eigenvalue weighted by molar-refractivity contribution is 6.31. The van der Waals surface area contributed by atoms with Crippen molar-refractivity contribution in [2.75, 3.05) is 26.3 Å². The van der Waals surface area contributed by atoms with E-state index in [9.17, 15) is 4.79 Å². The van der Waals surface area contributed by atoms with Crippen LogP contribution in [0.1, 0.15) is 19.7 Å². The van der Waals surface area contributed by atoms with Gasteiger partial charge in [-0.2, -0.15) is 0 Å². The van der Waals surface area contributed by atoms with Crippen molar-refractivity contribution in [3.05, 3.63) is 34.6 Å². The van der Waals surface area contributed by atoms with Crippen molar-refractivity contribution in [1.82, 2.24) is 14.9 Å². The van der Waals surface area contributed by atoms with E-state index in [1.54, 1.807) is 6.07 Å². The summed E-state index contributed by atoms with van der Waals surface area (Å²) < 4.78 is 5.28. The molecular weight excluding hydrogens is 302 g/mol. The number of morpholine rings is 1. The zero-order chi connectivity index (χ0) is 15.7. The number of nitrogens with one attached hydrogen (secondary N) is 1. The van der Waals surface area contributed by atoms with Gasteiger partial charge >= 0.3 is 0 Å². The van der Waals surface area contributed by atoms with Gasteiger partial charge in [0.05, 0.1) is 24.2 Å². The number of carbonyl (C=O) groups is 1. The van der Waals surface area contributed by atoms with Crippen molar-refractivity contribution in [2.45, 2.75) is 13.8 Å². The van der Waals surface area contributed by atoms with E-state index in [1.165, 1.54) is 0 Å². The van der Waals surface area contributed by atoms with E-state index in [1.807, 2.05) is 30.9 Å². The minimum Gasteiger partial charge on any atom is -0.378 e. The highest BCUT2D eigenvalue weighted by Gasteiger charge is 2.20. The summed E-state index contributed by atoms with van der Waals surface area (Å²) in [5.74, 6) is 0.746. The topological polar surface area (TPSA) is 58.2 Å². The van der Waals surface area contributed by atoms with E-state index in [4.69, 9.17) is 16.3 Å². The second-order valence-electron chi connectivity index (χ2n) is 5.40. The maximum atomic E-state index is 12.5. The molecule has 1 amide bonds. The summed E-state index contributed by atoms with van der Waals surface area (Å²) in [6.07, 6.45) is 0. The fourth-order valence-electron chi connectivity index (χ4n) is 2.50. The molecule has 0 unspecified atom stereocenters. The minimum atomic E-state index is 0.0410. The van der Waals surface area contributed by atoms with Crippen LogP contribution in [0, 0.1) is 0 Å². The Morgan fingerprint density at radius 2 is 2.05 bits per heavy atom. The number of nitrogens with zero attached hydrogens (tertiary/aromatic N) is 2. The molecule has 1 N–H and O–H groups in total. The molecule has 1 aromatic carbocycles. The van der Waals surface area contributed by atoms with E-state index in [0.717, 1.165) is 16.6 Å². The van der Waals surface area contributed by atoms with E-state index >= 15 is 0 Å². The van der Waals surface area contributed by atoms with E-state index in [0.29, 0.717) is 42.7 Å². The first-order valence-electron chi connectivity index (χ1n) is 7.26. The second kappa shape index (κ2) is 6.10. The predicted molar refractivity (Wildman–Crippen MR) is 86.8 cm³/mol. The molecule has 6 heteroatoms. The Morgan fingerprint density at radius 1 is 1.32 bits per heavy atom. The number of aromatic nitrogens is 2. The van der Waals surface area contributed by atoms with Gasteiger partial charge in [0.15, 0.2) is 0 Å². The predicted octanol–water partition coefficient (Wildman–Crippen LogP) is 2.87. The number of hydrogen-bond donors (Lipinski definition) is 1. The number of allylic oxidation sites excluding steroid dienone is 1. The van der Waals surface area contributed by atoms with Crippen molar-refractivity contribution < 1.29 is 9.53 Å². The van der Waals surface area contributed by atoms with Gasteiger partial charge in [-0.05, 0) is 32.0 Å². The van der Waals surface area contributed by atoms with Crippen LogP contribution < -0.4 is 0 Å². The zero-order valence-electron chi connectivity index (χ0n) is 12.6. The third-order valence-corrected chi connectivity index (χ3v) is 4.22. The molecule has 1 fully saturated rings. The Balaban J connectivity index is 1.91. The summed E-state index contributed by atoms with van der Waals surface area (Å²) in [6.45, 7) is 6.22. The highest BCUT2D eigenvalue weighted by atomic mass is 35.5. The molecule has 0 spiro atoms. The van der Waals surface area contributed by atoms with Crippen LogP contribution in [-0.4, -0.2) is 47.1 Å². The van der Waals surface area contributed by atoms with Crippen molar-refractivity contribution in [3.63, 3.8) is 0 Å². The van der Waals surface area contributed by atoms with Gasteiger partial charge in [0.1, 0.15) is 5.82 Å². The van der Waals surface area contributed by atoms with Gasteiger partial charge in [-0.3, -0.25) is 4.79 Å². The Morgan fingerprint density at radius 3 is 2.77 bits per heavy atom. The number of amides is 1. The quantitative estimate of drug-likeness (QED) is 0.866. The van der Waals surface area contributed by atoms with Crippen LogP contribution in [0.5, 0.6) is 0 Å². The number of H-pyrrole nitrogens is 1. The van der Waals surface area contributed by atoms with Gasteiger partial charge in [-0.25, -0.2) is 4.98 Å². The van der Waals surface area contributed by atoms with Gasteiger partial charge in [0.25, 0.3) is 0 Å². The fraction of sp³-hybridized carbons (Fsp3) is 0.375. The van der Waals surface area contributed by atoms with Gasteiger partial charge in [-0.15, -0.1) is 0 Å². The molecule has 116 valence electrons. The molecule has 0 atom stereocenters. The molecule has 1 saturated heterocycles. The normalized spacial score (nSPS) is 16.8. The van der Waals surface area contributed by atoms with Crippen LogP contribution in [-0.2, 0) is 9.53 Å². The molecule has 22 heavy (non-hydrogen) atoms. The zero-order valence-corrected chi connectivity index (χ0v) is 13.4. The first kappa shape index (κ1) is 15.1. The van der Waals surface area contributed by atoms with Crippen molar-refractivity contribution in [2.24, 2.45) is 0 Å². The number of ether oxygens (including phenoxy) is 1. The number of fused-ring (bicyclic) bond motifs is 1. The standard InChI is InChI=1S/C16H18ClN3O2/c1-10(11(2)16(21)20-5-7-22-8-6-20)15-18-13-4-3-12(17)9-14(13)19-15/h3-4,9H,5-8H2,1-2H3,(H,18,19)/b11-10+. The fourth-order valence-corrected chi connectivity index (χ4v) is 2.67.